The van der Waals surface area contributed by atoms with Crippen LogP contribution in [0.15, 0.2) is 11.1 Å². The van der Waals surface area contributed by atoms with Crippen LogP contribution >= 0.6 is 6.72 Å². The van der Waals surface area contributed by atoms with E-state index >= 15 is 0 Å². The van der Waals surface area contributed by atoms with Crippen molar-refractivity contribution < 1.29 is 34.0 Å². The molecule has 0 aromatic carbocycles. The molecule has 0 radical (unpaired) electrons. The zero-order valence-corrected chi connectivity index (χ0v) is 14.9. The minimum Gasteiger partial charge on any atom is -0.394 e. The van der Waals surface area contributed by atoms with Gasteiger partial charge in [-0.3, -0.25) is 18.9 Å². The molecule has 0 aliphatic carbocycles. The van der Waals surface area contributed by atoms with Crippen molar-refractivity contribution in [2.24, 2.45) is 0 Å². The second-order valence-electron chi connectivity index (χ2n) is 5.46. The number of hydrogen-bond donors (Lipinski definition) is 6. The maximum atomic E-state index is 11.9. The van der Waals surface area contributed by atoms with Crippen molar-refractivity contribution >= 4 is 35.6 Å². The van der Waals surface area contributed by atoms with Crippen LogP contribution in [0.3, 0.4) is 0 Å². The highest BCUT2D eigenvalue weighted by atomic mass is 32.5. The van der Waals surface area contributed by atoms with Crippen LogP contribution in [0.25, 0.3) is 11.2 Å². The summed E-state index contributed by atoms with van der Waals surface area (Å²) in [6, 6.07) is 0. The molecule has 13 nitrogen and oxygen atoms in total. The van der Waals surface area contributed by atoms with Crippen molar-refractivity contribution in [3.8, 4) is 0 Å². The fraction of sp³-hybridized carbons (Fsp3) is 0.545. The number of aromatic amines is 1. The van der Waals surface area contributed by atoms with Gasteiger partial charge in [-0.05, 0) is 11.8 Å². The van der Waals surface area contributed by atoms with Crippen LogP contribution in [-0.2, 0) is 25.8 Å². The van der Waals surface area contributed by atoms with E-state index in [2.05, 4.69) is 26.8 Å². The summed E-state index contributed by atoms with van der Waals surface area (Å²) in [5, 5.41) is 20.4. The number of aromatic nitrogens is 4. The number of fused-ring (bicyclic) bond motifs is 1. The van der Waals surface area contributed by atoms with Crippen LogP contribution in [0.5, 0.6) is 0 Å². The number of anilines is 1. The molecule has 7 N–H and O–H groups in total. The Labute approximate surface area is 150 Å². The van der Waals surface area contributed by atoms with E-state index in [0.29, 0.717) is 0 Å². The Morgan fingerprint density at radius 3 is 2.85 bits per heavy atom. The number of imidazole rings is 1. The summed E-state index contributed by atoms with van der Waals surface area (Å²) in [5.74, 6) is -2.52. The number of nitrogens with two attached hydrogens (primary N) is 1. The Bertz CT molecular complexity index is 929. The maximum absolute atomic E-state index is 11.9. The first kappa shape index (κ1) is 19.3. The third kappa shape index (κ3) is 3.15. The number of nitrogen functional groups attached to an aromatic ring is 1. The molecule has 4 atom stereocenters. The smallest absolute Gasteiger partial charge is 0.322 e. The summed E-state index contributed by atoms with van der Waals surface area (Å²) >= 11 is 4.43. The van der Waals surface area contributed by atoms with Gasteiger partial charge in [0, 0.05) is 7.11 Å². The minimum atomic E-state index is -4.24. The molecule has 0 bridgehead atoms. The van der Waals surface area contributed by atoms with Crippen molar-refractivity contribution in [2.45, 2.75) is 24.2 Å². The van der Waals surface area contributed by atoms with Crippen LogP contribution in [0.1, 0.15) is 6.23 Å². The number of methoxy groups -OCH3 is 1. The van der Waals surface area contributed by atoms with Crippen LogP contribution in [0.2, 0.25) is 0 Å². The van der Waals surface area contributed by atoms with E-state index in [1.165, 1.54) is 0 Å². The molecule has 2 aromatic rings. The molecular formula is C11H16N5O8PS. The highest BCUT2D eigenvalue weighted by Crippen LogP contribution is 2.49. The first-order chi connectivity index (χ1) is 12.1. The molecule has 0 spiro atoms. The number of aliphatic hydroxyl groups excluding tert-OH is 1. The number of nitrogens with one attached hydrogen (secondary N) is 1. The molecule has 0 saturated carbocycles. The molecule has 3 heterocycles. The topological polar surface area (TPSA) is 198 Å². The molecule has 2 aromatic heterocycles. The van der Waals surface area contributed by atoms with Gasteiger partial charge >= 0.3 is 6.72 Å². The summed E-state index contributed by atoms with van der Waals surface area (Å²) in [7, 11) is 1.11. The van der Waals surface area contributed by atoms with Gasteiger partial charge in [0.05, 0.1) is 12.9 Å². The number of ether oxygens (including phenoxy) is 2. The SMILES string of the molecule is CO[C@@]1(O)[C@H](OP(O)(O)=S)[C@@H](CO)O[C@H]1n1cnc2c(=O)[nH]c(N)nc21. The monoisotopic (exact) mass is 409 g/mol. The van der Waals surface area contributed by atoms with Crippen LogP contribution in [0.4, 0.5) is 5.95 Å². The molecular weight excluding hydrogens is 393 g/mol. The van der Waals surface area contributed by atoms with Gasteiger partial charge in [-0.25, -0.2) is 4.98 Å². The number of aliphatic hydroxyl groups is 2. The fourth-order valence-corrected chi connectivity index (χ4v) is 3.63. The third-order valence-corrected chi connectivity index (χ3v) is 4.62. The van der Waals surface area contributed by atoms with Gasteiger partial charge in [0.1, 0.15) is 6.10 Å². The lowest BCUT2D eigenvalue weighted by molar-refractivity contribution is -0.260. The Morgan fingerprint density at radius 1 is 1.58 bits per heavy atom. The second-order valence-corrected chi connectivity index (χ2v) is 8.08. The van der Waals surface area contributed by atoms with Crippen molar-refractivity contribution in [3.63, 3.8) is 0 Å². The fourth-order valence-electron chi connectivity index (χ4n) is 2.77. The normalized spacial score (nSPS) is 29.5. The van der Waals surface area contributed by atoms with E-state index in [1.54, 1.807) is 0 Å². The predicted molar refractivity (Wildman–Crippen MR) is 89.1 cm³/mol. The van der Waals surface area contributed by atoms with Gasteiger partial charge in [0.15, 0.2) is 23.5 Å². The molecule has 1 saturated heterocycles. The van der Waals surface area contributed by atoms with Gasteiger partial charge in [0.2, 0.25) is 11.7 Å². The quantitative estimate of drug-likeness (QED) is 0.225. The van der Waals surface area contributed by atoms with E-state index in [0.717, 1.165) is 18.0 Å². The van der Waals surface area contributed by atoms with Crippen molar-refractivity contribution in [1.29, 1.82) is 0 Å². The molecule has 3 rings (SSSR count). The van der Waals surface area contributed by atoms with E-state index in [4.69, 9.17) is 19.7 Å². The number of hydrogen-bond acceptors (Lipinski definition) is 10. The molecule has 144 valence electrons. The van der Waals surface area contributed by atoms with Gasteiger partial charge in [-0.2, -0.15) is 4.98 Å². The zero-order chi connectivity index (χ0) is 19.3. The molecule has 26 heavy (non-hydrogen) atoms. The zero-order valence-electron chi connectivity index (χ0n) is 13.2. The van der Waals surface area contributed by atoms with Crippen LogP contribution in [-0.4, -0.2) is 71.2 Å². The lowest BCUT2D eigenvalue weighted by Gasteiger charge is -2.32. The number of nitrogens with zero attached hydrogens (tertiary/aromatic N) is 3. The first-order valence-electron chi connectivity index (χ1n) is 7.11. The third-order valence-electron chi connectivity index (χ3n) is 3.86. The van der Waals surface area contributed by atoms with E-state index in [9.17, 15) is 24.8 Å². The number of H-pyrrole nitrogens is 1. The molecule has 0 amide bonds. The standard InChI is InChI=1S/C11H16N5O8PS/c1-22-11(19)6(24-25(20,21)26)4(2-17)23-9(11)16-3-13-5-7(16)14-10(12)15-8(5)18/h3-4,6,9,17,19H,2H2,1H3,(H2,20,21,26)(H3,12,14,15,18)/t4-,6-,9-,11+/m1/s1. The highest BCUT2D eigenvalue weighted by Gasteiger charge is 2.60. The molecule has 15 heteroatoms. The van der Waals surface area contributed by atoms with E-state index in [1.807, 2.05) is 0 Å². The largest absolute Gasteiger partial charge is 0.394 e. The summed E-state index contributed by atoms with van der Waals surface area (Å²) in [6.45, 7) is -4.90. The van der Waals surface area contributed by atoms with E-state index in [-0.39, 0.29) is 17.1 Å². The summed E-state index contributed by atoms with van der Waals surface area (Å²) in [6.07, 6.45) is -3.07. The molecule has 1 aliphatic heterocycles. The van der Waals surface area contributed by atoms with E-state index < -0.39 is 43.1 Å². The van der Waals surface area contributed by atoms with Crippen molar-refractivity contribution in [2.75, 3.05) is 19.5 Å². The van der Waals surface area contributed by atoms with Gasteiger partial charge < -0.3 is 35.2 Å². The van der Waals surface area contributed by atoms with Crippen molar-refractivity contribution in [1.82, 2.24) is 19.5 Å². The Morgan fingerprint density at radius 2 is 2.27 bits per heavy atom. The Hall–Kier alpha value is -1.48. The number of rotatable bonds is 5. The van der Waals surface area contributed by atoms with Gasteiger partial charge in [0.25, 0.3) is 5.56 Å². The summed E-state index contributed by atoms with van der Waals surface area (Å²) in [4.78, 5) is 40.9. The molecule has 1 fully saturated rings. The van der Waals surface area contributed by atoms with Crippen LogP contribution in [0, 0.1) is 0 Å². The van der Waals surface area contributed by atoms with Crippen LogP contribution < -0.4 is 11.3 Å². The summed E-state index contributed by atoms with van der Waals surface area (Å²) < 4.78 is 16.7. The lowest BCUT2D eigenvalue weighted by Crippen LogP contribution is -2.49. The average molecular weight is 409 g/mol. The summed E-state index contributed by atoms with van der Waals surface area (Å²) in [5.41, 5.74) is 4.81. The highest BCUT2D eigenvalue weighted by molar-refractivity contribution is 8.06. The second kappa shape index (κ2) is 6.60. The lowest BCUT2D eigenvalue weighted by atomic mass is 10.1. The van der Waals surface area contributed by atoms with Gasteiger partial charge in [-0.15, -0.1) is 0 Å². The molecule has 1 aliphatic rings. The maximum Gasteiger partial charge on any atom is 0.322 e. The average Bonchev–Trinajstić information content (AvgIpc) is 3.07. The predicted octanol–water partition coefficient (Wildman–Crippen LogP) is -2.48. The Balaban J connectivity index is 2.13. The minimum absolute atomic E-state index is 0.0310. The van der Waals surface area contributed by atoms with Crippen molar-refractivity contribution in [3.05, 3.63) is 16.7 Å². The van der Waals surface area contributed by atoms with Gasteiger partial charge in [-0.1, -0.05) is 0 Å². The first-order valence-corrected chi connectivity index (χ1v) is 9.73. The molecule has 0 unspecified atom stereocenters. The Kier molecular flexibility index (Phi) is 4.89.